The van der Waals surface area contributed by atoms with E-state index in [0.717, 1.165) is 38.3 Å². The molecular weight excluding hydrogens is 511 g/mol. The second kappa shape index (κ2) is 9.88. The van der Waals surface area contributed by atoms with Crippen LogP contribution in [0.5, 0.6) is 0 Å². The van der Waals surface area contributed by atoms with Crippen LogP contribution in [0.15, 0.2) is 69.2 Å². The number of hydrogen-bond donors (Lipinski definition) is 1. The number of thioether (sulfide) groups is 1. The molecule has 0 atom stereocenters. The minimum absolute atomic E-state index is 0.110. The van der Waals surface area contributed by atoms with Crippen molar-refractivity contribution in [2.75, 3.05) is 10.7 Å². The number of benzene rings is 2. The van der Waals surface area contributed by atoms with Gasteiger partial charge in [-0.05, 0) is 42.7 Å². The van der Waals surface area contributed by atoms with Gasteiger partial charge in [0.1, 0.15) is 4.83 Å². The molecule has 0 aliphatic heterocycles. The zero-order chi connectivity index (χ0) is 25.4. The number of anilines is 2. The summed E-state index contributed by atoms with van der Waals surface area (Å²) in [5.41, 5.74) is 5.35. The standard InChI is InChI=1S/C26H23N5O2S3/c1-15-9-10-20(11-16(15)2)30(17(3)32)25-28-19(12-35-25)13-36-26-29-23-22(24(33)31(26)27)21(14-34-23)18-7-5-4-6-8-18/h4-12,14H,13,27H2,1-3H3. The van der Waals surface area contributed by atoms with E-state index in [1.807, 2.05) is 73.1 Å². The quantitative estimate of drug-likeness (QED) is 0.166. The Morgan fingerprint density at radius 1 is 1.06 bits per heavy atom. The summed E-state index contributed by atoms with van der Waals surface area (Å²) in [6.07, 6.45) is 0. The van der Waals surface area contributed by atoms with Gasteiger partial charge in [-0.3, -0.25) is 14.5 Å². The molecule has 0 saturated carbocycles. The Balaban J connectivity index is 1.40. The molecule has 0 radical (unpaired) electrons. The van der Waals surface area contributed by atoms with Gasteiger partial charge in [0.05, 0.1) is 16.8 Å². The molecule has 5 rings (SSSR count). The molecule has 3 heterocycles. The third-order valence-corrected chi connectivity index (χ3v) is 8.57. The fraction of sp³-hybridized carbons (Fsp3) is 0.154. The summed E-state index contributed by atoms with van der Waals surface area (Å²) in [5, 5.41) is 5.40. The first kappa shape index (κ1) is 24.2. The van der Waals surface area contributed by atoms with Crippen molar-refractivity contribution in [3.63, 3.8) is 0 Å². The average Bonchev–Trinajstić information content (AvgIpc) is 3.50. The highest BCUT2D eigenvalue weighted by molar-refractivity contribution is 7.98. The van der Waals surface area contributed by atoms with E-state index in [1.54, 1.807) is 4.90 Å². The van der Waals surface area contributed by atoms with Gasteiger partial charge < -0.3 is 5.84 Å². The number of carbonyl (C=O) groups is 1. The summed E-state index contributed by atoms with van der Waals surface area (Å²) in [5.74, 6) is 6.52. The Morgan fingerprint density at radius 2 is 1.83 bits per heavy atom. The molecular formula is C26H23N5O2S3. The van der Waals surface area contributed by atoms with E-state index in [2.05, 4.69) is 9.97 Å². The number of amides is 1. The number of hydrogen-bond acceptors (Lipinski definition) is 8. The maximum absolute atomic E-state index is 13.1. The third-order valence-electron chi connectivity index (χ3n) is 5.84. The fourth-order valence-electron chi connectivity index (χ4n) is 3.81. The molecule has 0 fully saturated rings. The lowest BCUT2D eigenvalue weighted by Crippen LogP contribution is -2.29. The molecule has 1 amide bonds. The van der Waals surface area contributed by atoms with E-state index < -0.39 is 0 Å². The number of nitrogens with zero attached hydrogens (tertiary/aromatic N) is 4. The van der Waals surface area contributed by atoms with Gasteiger partial charge in [0.25, 0.3) is 5.56 Å². The monoisotopic (exact) mass is 533 g/mol. The summed E-state index contributed by atoms with van der Waals surface area (Å²) in [6.45, 7) is 5.59. The van der Waals surface area contributed by atoms with Crippen molar-refractivity contribution in [3.8, 4) is 11.1 Å². The van der Waals surface area contributed by atoms with Gasteiger partial charge in [0, 0.05) is 29.0 Å². The zero-order valence-electron chi connectivity index (χ0n) is 19.9. The molecule has 0 aliphatic rings. The molecule has 7 nitrogen and oxygen atoms in total. The summed E-state index contributed by atoms with van der Waals surface area (Å²) < 4.78 is 1.11. The average molecular weight is 534 g/mol. The Hall–Kier alpha value is -3.47. The molecule has 2 N–H and O–H groups in total. The van der Waals surface area contributed by atoms with Gasteiger partial charge in [-0.2, -0.15) is 0 Å². The number of rotatable bonds is 6. The normalized spacial score (nSPS) is 11.2. The Bertz CT molecular complexity index is 1640. The second-order valence-electron chi connectivity index (χ2n) is 8.30. The molecule has 2 aromatic carbocycles. The van der Waals surface area contributed by atoms with Gasteiger partial charge in [0.15, 0.2) is 10.3 Å². The highest BCUT2D eigenvalue weighted by Crippen LogP contribution is 2.34. The lowest BCUT2D eigenvalue weighted by atomic mass is 10.1. The lowest BCUT2D eigenvalue weighted by Gasteiger charge is -2.19. The third kappa shape index (κ3) is 4.55. The number of carbonyl (C=O) groups excluding carboxylic acids is 1. The van der Waals surface area contributed by atoms with Crippen LogP contribution in [-0.2, 0) is 10.5 Å². The Labute approximate surface area is 220 Å². The van der Waals surface area contributed by atoms with E-state index in [9.17, 15) is 9.59 Å². The minimum atomic E-state index is -0.279. The van der Waals surface area contributed by atoms with Crippen LogP contribution in [0.2, 0.25) is 0 Å². The topological polar surface area (TPSA) is 94.1 Å². The number of aromatic nitrogens is 3. The highest BCUT2D eigenvalue weighted by atomic mass is 32.2. The molecule has 182 valence electrons. The molecule has 0 unspecified atom stereocenters. The number of fused-ring (bicyclic) bond motifs is 1. The van der Waals surface area contributed by atoms with Crippen LogP contribution in [-0.4, -0.2) is 20.6 Å². The first-order valence-corrected chi connectivity index (χ1v) is 13.9. The van der Waals surface area contributed by atoms with E-state index in [0.29, 0.717) is 26.3 Å². The van der Waals surface area contributed by atoms with Crippen LogP contribution >= 0.6 is 34.4 Å². The second-order valence-corrected chi connectivity index (χ2v) is 10.9. The molecule has 36 heavy (non-hydrogen) atoms. The van der Waals surface area contributed by atoms with E-state index in [4.69, 9.17) is 5.84 Å². The van der Waals surface area contributed by atoms with Crippen LogP contribution in [0.3, 0.4) is 0 Å². The summed E-state index contributed by atoms with van der Waals surface area (Å²) in [6, 6.07) is 15.7. The van der Waals surface area contributed by atoms with Gasteiger partial charge in [-0.1, -0.05) is 48.2 Å². The Kier molecular flexibility index (Phi) is 6.65. The summed E-state index contributed by atoms with van der Waals surface area (Å²) in [7, 11) is 0. The van der Waals surface area contributed by atoms with Crippen molar-refractivity contribution < 1.29 is 4.79 Å². The van der Waals surface area contributed by atoms with Crippen LogP contribution in [0.4, 0.5) is 10.8 Å². The van der Waals surface area contributed by atoms with Crippen LogP contribution in [0.25, 0.3) is 21.3 Å². The predicted molar refractivity (Wildman–Crippen MR) is 150 cm³/mol. The molecule has 0 aliphatic carbocycles. The van der Waals surface area contributed by atoms with Crippen molar-refractivity contribution in [1.82, 2.24) is 14.6 Å². The van der Waals surface area contributed by atoms with Crippen molar-refractivity contribution >= 4 is 61.4 Å². The fourth-order valence-corrected chi connectivity index (χ4v) is 6.60. The van der Waals surface area contributed by atoms with Crippen molar-refractivity contribution in [2.45, 2.75) is 31.7 Å². The summed E-state index contributed by atoms with van der Waals surface area (Å²) >= 11 is 4.17. The maximum Gasteiger partial charge on any atom is 0.282 e. The van der Waals surface area contributed by atoms with Crippen molar-refractivity contribution in [1.29, 1.82) is 0 Å². The molecule has 0 saturated heterocycles. The predicted octanol–water partition coefficient (Wildman–Crippen LogP) is 5.89. The maximum atomic E-state index is 13.1. The zero-order valence-corrected chi connectivity index (χ0v) is 22.3. The molecule has 5 aromatic rings. The first-order valence-electron chi connectivity index (χ1n) is 11.1. The van der Waals surface area contributed by atoms with Gasteiger partial charge >= 0.3 is 0 Å². The van der Waals surface area contributed by atoms with Crippen LogP contribution < -0.4 is 16.3 Å². The molecule has 3 aromatic heterocycles. The number of aryl methyl sites for hydroxylation is 2. The van der Waals surface area contributed by atoms with E-state index in [-0.39, 0.29) is 11.5 Å². The number of thiophene rings is 1. The SMILES string of the molecule is CC(=O)N(c1ccc(C)c(C)c1)c1nc(CSc2nc3scc(-c4ccccc4)c3c(=O)n2N)cs1. The smallest absolute Gasteiger partial charge is 0.282 e. The minimum Gasteiger partial charge on any atom is -0.334 e. The highest BCUT2D eigenvalue weighted by Gasteiger charge is 2.20. The first-order chi connectivity index (χ1) is 17.3. The van der Waals surface area contributed by atoms with E-state index >= 15 is 0 Å². The largest absolute Gasteiger partial charge is 0.334 e. The van der Waals surface area contributed by atoms with Crippen molar-refractivity contribution in [2.24, 2.45) is 0 Å². The number of thiazole rings is 1. The Morgan fingerprint density at radius 3 is 2.56 bits per heavy atom. The van der Waals surface area contributed by atoms with E-state index in [1.165, 1.54) is 41.4 Å². The molecule has 0 bridgehead atoms. The van der Waals surface area contributed by atoms with Crippen molar-refractivity contribution in [3.05, 3.63) is 86.5 Å². The van der Waals surface area contributed by atoms with Gasteiger partial charge in [-0.25, -0.2) is 14.6 Å². The van der Waals surface area contributed by atoms with Crippen LogP contribution in [0, 0.1) is 13.8 Å². The summed E-state index contributed by atoms with van der Waals surface area (Å²) in [4.78, 5) is 37.2. The number of nitrogen functional groups attached to an aromatic ring is 1. The van der Waals surface area contributed by atoms with Gasteiger partial charge in [0.2, 0.25) is 5.91 Å². The van der Waals surface area contributed by atoms with Crippen LogP contribution in [0.1, 0.15) is 23.7 Å². The molecule has 0 spiro atoms. The van der Waals surface area contributed by atoms with Gasteiger partial charge in [-0.15, -0.1) is 22.7 Å². The number of nitrogens with two attached hydrogens (primary N) is 1. The molecule has 10 heteroatoms. The lowest BCUT2D eigenvalue weighted by molar-refractivity contribution is -0.115.